The van der Waals surface area contributed by atoms with Gasteiger partial charge in [0, 0.05) is 5.92 Å². The third-order valence-corrected chi connectivity index (χ3v) is 7.28. The Morgan fingerprint density at radius 1 is 1.00 bits per heavy atom. The lowest BCUT2D eigenvalue weighted by atomic mass is 9.81. The van der Waals surface area contributed by atoms with Crippen LogP contribution in [0.25, 0.3) is 11.1 Å². The molecule has 2 aromatic carbocycles. The Bertz CT molecular complexity index is 1030. The van der Waals surface area contributed by atoms with Gasteiger partial charge in [0.2, 0.25) is 5.91 Å². The number of rotatable bonds is 9. The van der Waals surface area contributed by atoms with E-state index < -0.39 is 29.6 Å². The molecule has 0 saturated heterocycles. The number of carbonyl (C=O) groups excluding carboxylic acids is 2. The molecule has 0 aromatic heterocycles. The van der Waals surface area contributed by atoms with Gasteiger partial charge >= 0.3 is 12.1 Å². The smallest absolute Gasteiger partial charge is 0.407 e. The average Bonchev–Trinajstić information content (AvgIpc) is 3.19. The fraction of sp³-hybridized carbons (Fsp3) is 0.464. The highest BCUT2D eigenvalue weighted by Crippen LogP contribution is 2.44. The number of carbonyl (C=O) groups is 3. The monoisotopic (exact) mass is 478 g/mol. The number of carboxylic acid groups (broad SMARTS) is 1. The number of alkyl carbamates (subject to hydrolysis) is 1. The summed E-state index contributed by atoms with van der Waals surface area (Å²) < 4.78 is 5.62. The fourth-order valence-electron chi connectivity index (χ4n) is 5.33. The minimum atomic E-state index is -1.26. The number of unbranched alkanes of at least 4 members (excludes halogenated alkanes) is 1. The molecule has 0 bridgehead atoms. The Kier molecular flexibility index (Phi) is 7.73. The van der Waals surface area contributed by atoms with Crippen LogP contribution in [0, 0.1) is 0 Å². The van der Waals surface area contributed by atoms with Crippen LogP contribution in [0.5, 0.6) is 0 Å². The molecule has 2 aromatic rings. The fourth-order valence-corrected chi connectivity index (χ4v) is 5.33. The second-order valence-corrected chi connectivity index (χ2v) is 9.60. The maximum atomic E-state index is 13.1. The van der Waals surface area contributed by atoms with E-state index in [2.05, 4.69) is 22.8 Å². The average molecular weight is 479 g/mol. The van der Waals surface area contributed by atoms with Crippen molar-refractivity contribution in [3.63, 3.8) is 0 Å². The molecule has 35 heavy (non-hydrogen) atoms. The van der Waals surface area contributed by atoms with Gasteiger partial charge in [-0.2, -0.15) is 0 Å². The number of benzene rings is 2. The Labute approximate surface area is 206 Å². The molecular weight excluding hydrogens is 444 g/mol. The van der Waals surface area contributed by atoms with Gasteiger partial charge < -0.3 is 20.5 Å². The van der Waals surface area contributed by atoms with E-state index in [1.807, 2.05) is 43.3 Å². The van der Waals surface area contributed by atoms with Crippen molar-refractivity contribution in [1.29, 1.82) is 0 Å². The Balaban J connectivity index is 1.42. The summed E-state index contributed by atoms with van der Waals surface area (Å²) in [6, 6.07) is 15.4. The first-order valence-corrected chi connectivity index (χ1v) is 12.6. The quantitative estimate of drug-likeness (QED) is 0.471. The van der Waals surface area contributed by atoms with Crippen molar-refractivity contribution < 1.29 is 24.2 Å². The van der Waals surface area contributed by atoms with E-state index in [1.54, 1.807) is 0 Å². The minimum Gasteiger partial charge on any atom is -0.480 e. The molecule has 4 rings (SSSR count). The second kappa shape index (κ2) is 10.9. The molecule has 0 spiro atoms. The molecule has 3 N–H and O–H groups in total. The molecule has 0 heterocycles. The summed E-state index contributed by atoms with van der Waals surface area (Å²) in [7, 11) is 0. The molecule has 7 heteroatoms. The van der Waals surface area contributed by atoms with Crippen molar-refractivity contribution in [2.45, 2.75) is 75.8 Å². The van der Waals surface area contributed by atoms with E-state index in [0.717, 1.165) is 54.4 Å². The first kappa shape index (κ1) is 24.8. The first-order chi connectivity index (χ1) is 16.9. The van der Waals surface area contributed by atoms with Crippen LogP contribution < -0.4 is 10.6 Å². The largest absolute Gasteiger partial charge is 0.480 e. The molecule has 0 radical (unpaired) electrons. The molecule has 2 aliphatic rings. The van der Waals surface area contributed by atoms with E-state index in [1.165, 1.54) is 0 Å². The van der Waals surface area contributed by atoms with Gasteiger partial charge in [-0.3, -0.25) is 4.79 Å². The van der Waals surface area contributed by atoms with Crippen molar-refractivity contribution in [1.82, 2.24) is 10.6 Å². The van der Waals surface area contributed by atoms with Crippen LogP contribution in [0.2, 0.25) is 0 Å². The number of nitrogens with one attached hydrogen (secondary N) is 2. The zero-order valence-corrected chi connectivity index (χ0v) is 20.2. The summed E-state index contributed by atoms with van der Waals surface area (Å²) >= 11 is 0. The second-order valence-electron chi connectivity index (χ2n) is 9.60. The van der Waals surface area contributed by atoms with Crippen LogP contribution in [0.3, 0.4) is 0 Å². The summed E-state index contributed by atoms with van der Waals surface area (Å²) in [5.41, 5.74) is 3.25. The van der Waals surface area contributed by atoms with Crippen LogP contribution in [0.15, 0.2) is 48.5 Å². The van der Waals surface area contributed by atoms with Gasteiger partial charge in [0.1, 0.15) is 18.2 Å². The number of amides is 2. The molecule has 2 aliphatic carbocycles. The highest BCUT2D eigenvalue weighted by molar-refractivity contribution is 5.91. The predicted octanol–water partition coefficient (Wildman–Crippen LogP) is 4.99. The van der Waals surface area contributed by atoms with Crippen LogP contribution in [-0.2, 0) is 14.3 Å². The molecule has 1 saturated carbocycles. The number of hydrogen-bond donors (Lipinski definition) is 3. The molecule has 7 nitrogen and oxygen atoms in total. The third kappa shape index (κ3) is 5.34. The van der Waals surface area contributed by atoms with Crippen LogP contribution in [-0.4, -0.2) is 41.3 Å². The van der Waals surface area contributed by atoms with Gasteiger partial charge in [-0.1, -0.05) is 87.6 Å². The van der Waals surface area contributed by atoms with Crippen molar-refractivity contribution in [3.05, 3.63) is 59.7 Å². The van der Waals surface area contributed by atoms with Gasteiger partial charge in [0.25, 0.3) is 0 Å². The zero-order valence-electron chi connectivity index (χ0n) is 20.2. The summed E-state index contributed by atoms with van der Waals surface area (Å²) in [6.07, 6.45) is 4.60. The highest BCUT2D eigenvalue weighted by Gasteiger charge is 2.42. The van der Waals surface area contributed by atoms with Crippen LogP contribution in [0.4, 0.5) is 4.79 Å². The molecule has 2 amide bonds. The first-order valence-electron chi connectivity index (χ1n) is 12.6. The Morgan fingerprint density at radius 2 is 1.60 bits per heavy atom. The summed E-state index contributed by atoms with van der Waals surface area (Å²) in [5, 5.41) is 15.3. The highest BCUT2D eigenvalue weighted by atomic mass is 16.5. The van der Waals surface area contributed by atoms with E-state index in [-0.39, 0.29) is 12.5 Å². The lowest BCUT2D eigenvalue weighted by Crippen LogP contribution is -2.60. The number of aliphatic carboxylic acids is 1. The SMILES string of the molecule is CCCCC(NC(=O)OCC1c2ccccc2-c2ccccc21)C(=O)NC1(C(=O)O)CCCCC1. The molecule has 1 atom stereocenters. The molecule has 1 unspecified atom stereocenters. The predicted molar refractivity (Wildman–Crippen MR) is 133 cm³/mol. The van der Waals surface area contributed by atoms with E-state index in [0.29, 0.717) is 19.3 Å². The van der Waals surface area contributed by atoms with Gasteiger partial charge in [0.15, 0.2) is 0 Å². The van der Waals surface area contributed by atoms with Gasteiger partial charge in [-0.15, -0.1) is 0 Å². The summed E-state index contributed by atoms with van der Waals surface area (Å²) in [6.45, 7) is 2.16. The Morgan fingerprint density at radius 3 is 2.17 bits per heavy atom. The van der Waals surface area contributed by atoms with E-state index in [4.69, 9.17) is 4.74 Å². The third-order valence-electron chi connectivity index (χ3n) is 7.28. The Hall–Kier alpha value is -3.35. The summed E-state index contributed by atoms with van der Waals surface area (Å²) in [5.74, 6) is -1.55. The number of carboxylic acids is 1. The van der Waals surface area contributed by atoms with Crippen molar-refractivity contribution >= 4 is 18.0 Å². The molecule has 1 fully saturated rings. The van der Waals surface area contributed by atoms with Gasteiger partial charge in [-0.05, 0) is 41.5 Å². The lowest BCUT2D eigenvalue weighted by molar-refractivity contribution is -0.149. The van der Waals surface area contributed by atoms with Crippen LogP contribution >= 0.6 is 0 Å². The van der Waals surface area contributed by atoms with Crippen molar-refractivity contribution in [3.8, 4) is 11.1 Å². The zero-order chi connectivity index (χ0) is 24.8. The van der Waals surface area contributed by atoms with Crippen molar-refractivity contribution in [2.24, 2.45) is 0 Å². The number of fused-ring (bicyclic) bond motifs is 3. The maximum absolute atomic E-state index is 13.1. The summed E-state index contributed by atoms with van der Waals surface area (Å²) in [4.78, 5) is 37.9. The minimum absolute atomic E-state index is 0.0754. The number of hydrogen-bond acceptors (Lipinski definition) is 4. The lowest BCUT2D eigenvalue weighted by Gasteiger charge is -2.35. The van der Waals surface area contributed by atoms with E-state index >= 15 is 0 Å². The standard InChI is InChI=1S/C28H34N2O5/c1-2-3-15-24(25(31)30-28(26(32)33)16-9-4-10-17-28)29-27(34)35-18-23-21-13-7-5-11-19(21)20-12-6-8-14-22(20)23/h5-8,11-14,23-24H,2-4,9-10,15-18H2,1H3,(H,29,34)(H,30,31)(H,32,33). The van der Waals surface area contributed by atoms with E-state index in [9.17, 15) is 19.5 Å². The van der Waals surface area contributed by atoms with Gasteiger partial charge in [-0.25, -0.2) is 9.59 Å². The van der Waals surface area contributed by atoms with Crippen LogP contribution in [0.1, 0.15) is 75.3 Å². The number of ether oxygens (including phenoxy) is 1. The maximum Gasteiger partial charge on any atom is 0.407 e. The normalized spacial score (nSPS) is 17.1. The topological polar surface area (TPSA) is 105 Å². The van der Waals surface area contributed by atoms with Crippen molar-refractivity contribution in [2.75, 3.05) is 6.61 Å². The molecule has 0 aliphatic heterocycles. The molecule has 186 valence electrons. The van der Waals surface area contributed by atoms with Gasteiger partial charge in [0.05, 0.1) is 0 Å². The molecular formula is C28H34N2O5.